The van der Waals surface area contributed by atoms with Crippen molar-refractivity contribution in [3.05, 3.63) is 71.0 Å². The number of likely N-dealkylation sites (tertiary alicyclic amines) is 1. The summed E-state index contributed by atoms with van der Waals surface area (Å²) in [5.74, 6) is -0.753. The molecule has 1 aliphatic rings. The minimum atomic E-state index is -0.981. The monoisotopic (exact) mass is 503 g/mol. The van der Waals surface area contributed by atoms with Crippen LogP contribution in [0.3, 0.4) is 0 Å². The standard InChI is InChI=1S/C27H33N7O3/c1-6-21(19-9-7-8-16(2)17(19)3)30-27(37)34-24(26(36)33(5)23-11-13-32(4)31-23)20(25(34)35)14-18-10-12-29-22(28)15-18/h7-13,15,20-21,24H,6,14H2,1-5H3,(H2,28,29)(H,30,37)/t20-,21-,24+/m1/s1. The van der Waals surface area contributed by atoms with Gasteiger partial charge in [0.1, 0.15) is 11.9 Å². The molecule has 0 unspecified atom stereocenters. The Morgan fingerprint density at radius 2 is 1.97 bits per heavy atom. The smallest absolute Gasteiger partial charge is 0.325 e. The average Bonchev–Trinajstić information content (AvgIpc) is 3.31. The summed E-state index contributed by atoms with van der Waals surface area (Å²) in [4.78, 5) is 46.9. The van der Waals surface area contributed by atoms with Crippen LogP contribution in [0.4, 0.5) is 16.4 Å². The Kier molecular flexibility index (Phi) is 7.28. The van der Waals surface area contributed by atoms with Gasteiger partial charge in [0.25, 0.3) is 5.91 Å². The highest BCUT2D eigenvalue weighted by atomic mass is 16.2. The van der Waals surface area contributed by atoms with E-state index in [0.717, 1.165) is 27.2 Å². The molecule has 10 nitrogen and oxygen atoms in total. The highest BCUT2D eigenvalue weighted by Crippen LogP contribution is 2.33. The number of likely N-dealkylation sites (N-methyl/N-ethyl adjacent to an activating group) is 1. The predicted molar refractivity (Wildman–Crippen MR) is 141 cm³/mol. The van der Waals surface area contributed by atoms with Crippen LogP contribution in [0.15, 0.2) is 48.8 Å². The molecule has 0 bridgehead atoms. The van der Waals surface area contributed by atoms with Gasteiger partial charge >= 0.3 is 6.03 Å². The normalized spacial score (nSPS) is 17.8. The van der Waals surface area contributed by atoms with Crippen molar-refractivity contribution < 1.29 is 14.4 Å². The molecule has 0 aliphatic carbocycles. The first kappa shape index (κ1) is 25.9. The fourth-order valence-corrected chi connectivity index (χ4v) is 4.79. The van der Waals surface area contributed by atoms with Crippen molar-refractivity contribution in [1.82, 2.24) is 25.0 Å². The van der Waals surface area contributed by atoms with Gasteiger partial charge in [-0.05, 0) is 61.1 Å². The van der Waals surface area contributed by atoms with Crippen LogP contribution in [0, 0.1) is 19.8 Å². The zero-order chi connectivity index (χ0) is 26.9. The topological polar surface area (TPSA) is 126 Å². The largest absolute Gasteiger partial charge is 0.384 e. The predicted octanol–water partition coefficient (Wildman–Crippen LogP) is 2.91. The molecule has 3 N–H and O–H groups in total. The van der Waals surface area contributed by atoms with E-state index in [4.69, 9.17) is 5.73 Å². The molecule has 0 radical (unpaired) electrons. The molecule has 2 aromatic heterocycles. The molecule has 37 heavy (non-hydrogen) atoms. The number of hydrogen-bond acceptors (Lipinski definition) is 6. The minimum Gasteiger partial charge on any atom is -0.384 e. The van der Waals surface area contributed by atoms with Crippen LogP contribution < -0.4 is 16.0 Å². The van der Waals surface area contributed by atoms with E-state index in [1.807, 2.05) is 39.0 Å². The van der Waals surface area contributed by atoms with E-state index < -0.39 is 23.9 Å². The number of amides is 4. The van der Waals surface area contributed by atoms with Crippen LogP contribution >= 0.6 is 0 Å². The maximum Gasteiger partial charge on any atom is 0.325 e. The van der Waals surface area contributed by atoms with Crippen molar-refractivity contribution in [3.8, 4) is 0 Å². The van der Waals surface area contributed by atoms with Crippen LogP contribution in [-0.2, 0) is 23.1 Å². The number of nitrogens with zero attached hydrogens (tertiary/aromatic N) is 5. The molecule has 4 rings (SSSR count). The van der Waals surface area contributed by atoms with Crippen molar-refractivity contribution >= 4 is 29.5 Å². The summed E-state index contributed by atoms with van der Waals surface area (Å²) in [6, 6.07) is 9.20. The second kappa shape index (κ2) is 10.4. The lowest BCUT2D eigenvalue weighted by Crippen LogP contribution is -2.70. The molecule has 194 valence electrons. The van der Waals surface area contributed by atoms with Crippen molar-refractivity contribution in [2.45, 2.75) is 45.7 Å². The number of nitrogen functional groups attached to an aromatic ring is 1. The Morgan fingerprint density at radius 1 is 1.22 bits per heavy atom. The molecular weight excluding hydrogens is 470 g/mol. The second-order valence-electron chi connectivity index (χ2n) is 9.50. The minimum absolute atomic E-state index is 0.260. The molecule has 0 spiro atoms. The summed E-state index contributed by atoms with van der Waals surface area (Å²) in [7, 11) is 3.35. The number of urea groups is 1. The third-order valence-corrected chi connectivity index (χ3v) is 7.09. The number of rotatable bonds is 7. The Hall–Kier alpha value is -4.21. The first-order valence-electron chi connectivity index (χ1n) is 12.3. The third kappa shape index (κ3) is 5.04. The van der Waals surface area contributed by atoms with E-state index in [9.17, 15) is 14.4 Å². The van der Waals surface area contributed by atoms with Crippen LogP contribution in [0.2, 0.25) is 0 Å². The first-order valence-corrected chi connectivity index (χ1v) is 12.3. The lowest BCUT2D eigenvalue weighted by Gasteiger charge is -2.45. The molecule has 10 heteroatoms. The van der Waals surface area contributed by atoms with Gasteiger partial charge in [-0.1, -0.05) is 25.1 Å². The fraction of sp³-hybridized carbons (Fsp3) is 0.370. The zero-order valence-corrected chi connectivity index (χ0v) is 21.8. The number of imide groups is 1. The molecule has 4 amide bonds. The van der Waals surface area contributed by atoms with E-state index in [-0.39, 0.29) is 18.4 Å². The Morgan fingerprint density at radius 3 is 2.62 bits per heavy atom. The lowest BCUT2D eigenvalue weighted by molar-refractivity contribution is -0.156. The molecular formula is C27H33N7O3. The number of aromatic nitrogens is 3. The van der Waals surface area contributed by atoms with Gasteiger partial charge in [0, 0.05) is 32.6 Å². The summed E-state index contributed by atoms with van der Waals surface area (Å²) >= 11 is 0. The van der Waals surface area contributed by atoms with Crippen molar-refractivity contribution in [2.24, 2.45) is 13.0 Å². The SMILES string of the molecule is CC[C@@H](NC(=O)N1C(=O)[C@H](Cc2ccnc(N)c2)[C@H]1C(=O)N(C)c1ccn(C)n1)c1cccc(C)c1C. The zero-order valence-electron chi connectivity index (χ0n) is 21.8. The quantitative estimate of drug-likeness (QED) is 0.478. The summed E-state index contributed by atoms with van der Waals surface area (Å²) in [6.45, 7) is 6.00. The van der Waals surface area contributed by atoms with E-state index >= 15 is 0 Å². The number of β-lactam (4-membered cyclic amide) rings is 1. The van der Waals surface area contributed by atoms with E-state index in [1.54, 1.807) is 49.4 Å². The Balaban J connectivity index is 1.61. The first-order chi connectivity index (χ1) is 17.6. The number of aryl methyl sites for hydroxylation is 2. The Bertz CT molecular complexity index is 1340. The molecule has 1 saturated heterocycles. The van der Waals surface area contributed by atoms with Gasteiger partial charge in [-0.25, -0.2) is 9.78 Å². The third-order valence-electron chi connectivity index (χ3n) is 7.09. The molecule has 3 aromatic rings. The van der Waals surface area contributed by atoms with E-state index in [0.29, 0.717) is 18.1 Å². The summed E-state index contributed by atoms with van der Waals surface area (Å²) < 4.78 is 1.59. The summed E-state index contributed by atoms with van der Waals surface area (Å²) in [5.41, 5.74) is 9.77. The van der Waals surface area contributed by atoms with Crippen molar-refractivity contribution in [3.63, 3.8) is 0 Å². The number of nitrogens with one attached hydrogen (secondary N) is 1. The summed E-state index contributed by atoms with van der Waals surface area (Å²) in [5, 5.41) is 7.28. The highest BCUT2D eigenvalue weighted by molar-refractivity contribution is 6.12. The van der Waals surface area contributed by atoms with E-state index in [2.05, 4.69) is 15.4 Å². The van der Waals surface area contributed by atoms with Crippen molar-refractivity contribution in [2.75, 3.05) is 17.7 Å². The highest BCUT2D eigenvalue weighted by Gasteiger charge is 2.55. The van der Waals surface area contributed by atoms with Gasteiger partial charge in [0.05, 0.1) is 12.0 Å². The number of carbonyl (C=O) groups is 3. The van der Waals surface area contributed by atoms with Gasteiger partial charge in [0.15, 0.2) is 5.82 Å². The number of anilines is 2. The van der Waals surface area contributed by atoms with Gasteiger partial charge in [-0.15, -0.1) is 0 Å². The lowest BCUT2D eigenvalue weighted by atomic mass is 9.81. The van der Waals surface area contributed by atoms with Crippen molar-refractivity contribution in [1.29, 1.82) is 0 Å². The molecule has 1 aromatic carbocycles. The maximum absolute atomic E-state index is 13.7. The molecule has 3 heterocycles. The number of benzene rings is 1. The molecule has 0 saturated carbocycles. The second-order valence-corrected chi connectivity index (χ2v) is 9.50. The molecule has 1 fully saturated rings. The van der Waals surface area contributed by atoms with Crippen LogP contribution in [0.25, 0.3) is 0 Å². The molecule has 3 atom stereocenters. The van der Waals surface area contributed by atoms with Crippen LogP contribution in [0.5, 0.6) is 0 Å². The number of hydrogen-bond donors (Lipinski definition) is 2. The van der Waals surface area contributed by atoms with Gasteiger partial charge in [0.2, 0.25) is 5.91 Å². The number of pyridine rings is 1. The van der Waals surface area contributed by atoms with Crippen LogP contribution in [-0.4, -0.2) is 50.6 Å². The van der Waals surface area contributed by atoms with Crippen LogP contribution in [0.1, 0.15) is 41.6 Å². The van der Waals surface area contributed by atoms with Gasteiger partial charge in [-0.3, -0.25) is 24.1 Å². The fourth-order valence-electron chi connectivity index (χ4n) is 4.79. The average molecular weight is 504 g/mol. The number of nitrogens with two attached hydrogens (primary N) is 1. The summed E-state index contributed by atoms with van der Waals surface area (Å²) in [6.07, 6.45) is 4.17. The Labute approximate surface area is 216 Å². The van der Waals surface area contributed by atoms with Gasteiger partial charge in [-0.2, -0.15) is 5.10 Å². The van der Waals surface area contributed by atoms with E-state index in [1.165, 1.54) is 4.90 Å². The molecule has 1 aliphatic heterocycles. The van der Waals surface area contributed by atoms with Gasteiger partial charge < -0.3 is 11.1 Å². The maximum atomic E-state index is 13.7. The number of carbonyl (C=O) groups excluding carboxylic acids is 3.